The van der Waals surface area contributed by atoms with Crippen LogP contribution in [0.1, 0.15) is 18.5 Å². The summed E-state index contributed by atoms with van der Waals surface area (Å²) in [7, 11) is 2.75. The molecule has 1 atom stereocenters. The van der Waals surface area contributed by atoms with Gasteiger partial charge in [0.15, 0.2) is 0 Å². The van der Waals surface area contributed by atoms with E-state index in [0.717, 1.165) is 4.90 Å². The van der Waals surface area contributed by atoms with Crippen molar-refractivity contribution in [3.05, 3.63) is 47.2 Å². The minimum absolute atomic E-state index is 0.252. The molecule has 1 N–H and O–H groups in total. The van der Waals surface area contributed by atoms with Crippen LogP contribution < -0.4 is 0 Å². The first-order valence-corrected chi connectivity index (χ1v) is 6.98. The van der Waals surface area contributed by atoms with Crippen LogP contribution in [-0.4, -0.2) is 53.6 Å². The maximum Gasteiger partial charge on any atom is 0.337 e. The van der Waals surface area contributed by atoms with Gasteiger partial charge in [-0.1, -0.05) is 30.3 Å². The number of methoxy groups -OCH3 is 1. The Balaban J connectivity index is 2.65. The van der Waals surface area contributed by atoms with E-state index in [4.69, 9.17) is 9.84 Å². The smallest absolute Gasteiger partial charge is 0.337 e. The highest BCUT2D eigenvalue weighted by Gasteiger charge is 2.41. The summed E-state index contributed by atoms with van der Waals surface area (Å²) < 4.78 is 4.84. The van der Waals surface area contributed by atoms with Gasteiger partial charge in [-0.15, -0.1) is 0 Å². The number of carbonyl (C=O) groups excluding carboxylic acids is 2. The third kappa shape index (κ3) is 3.03. The zero-order chi connectivity index (χ0) is 17.1. The molecule has 0 saturated carbocycles. The van der Waals surface area contributed by atoms with E-state index in [-0.39, 0.29) is 5.57 Å². The Morgan fingerprint density at radius 3 is 2.39 bits per heavy atom. The van der Waals surface area contributed by atoms with Gasteiger partial charge in [-0.3, -0.25) is 4.79 Å². The quantitative estimate of drug-likeness (QED) is 0.853. The number of allylic oxidation sites excluding steroid dienone is 1. The van der Waals surface area contributed by atoms with Crippen LogP contribution in [0, 0.1) is 0 Å². The molecule has 1 aliphatic heterocycles. The first-order chi connectivity index (χ1) is 10.9. The summed E-state index contributed by atoms with van der Waals surface area (Å²) in [6, 6.07) is 7.54. The van der Waals surface area contributed by atoms with Gasteiger partial charge in [-0.25, -0.2) is 9.59 Å². The average molecular weight is 318 g/mol. The maximum absolute atomic E-state index is 12.5. The van der Waals surface area contributed by atoms with Crippen LogP contribution in [0.2, 0.25) is 0 Å². The van der Waals surface area contributed by atoms with E-state index in [1.807, 2.05) is 0 Å². The number of carboxylic acids is 1. The van der Waals surface area contributed by atoms with Gasteiger partial charge in [0, 0.05) is 12.7 Å². The van der Waals surface area contributed by atoms with Crippen LogP contribution in [0.3, 0.4) is 0 Å². The summed E-state index contributed by atoms with van der Waals surface area (Å²) >= 11 is 0. The lowest BCUT2D eigenvalue weighted by Crippen LogP contribution is -2.50. The van der Waals surface area contributed by atoms with Crippen molar-refractivity contribution in [1.82, 2.24) is 9.80 Å². The Hall–Kier alpha value is -2.83. The van der Waals surface area contributed by atoms with Crippen molar-refractivity contribution in [1.29, 1.82) is 0 Å². The van der Waals surface area contributed by atoms with Gasteiger partial charge in [0.25, 0.3) is 0 Å². The molecule has 1 heterocycles. The predicted octanol–water partition coefficient (Wildman–Crippen LogP) is 1.63. The lowest BCUT2D eigenvalue weighted by Gasteiger charge is -2.40. The van der Waals surface area contributed by atoms with Gasteiger partial charge in [0.1, 0.15) is 6.54 Å². The summed E-state index contributed by atoms with van der Waals surface area (Å²) in [4.78, 5) is 38.4. The molecule has 2 amide bonds. The average Bonchev–Trinajstić information content (AvgIpc) is 2.54. The topological polar surface area (TPSA) is 87.2 Å². The molecule has 1 unspecified atom stereocenters. The van der Waals surface area contributed by atoms with E-state index in [0.29, 0.717) is 11.3 Å². The van der Waals surface area contributed by atoms with Crippen LogP contribution in [0.4, 0.5) is 4.79 Å². The van der Waals surface area contributed by atoms with Gasteiger partial charge in [0.05, 0.1) is 18.7 Å². The Morgan fingerprint density at radius 1 is 1.26 bits per heavy atom. The van der Waals surface area contributed by atoms with Gasteiger partial charge in [-0.2, -0.15) is 0 Å². The number of esters is 1. The second-order valence-electron chi connectivity index (χ2n) is 5.17. The number of urea groups is 1. The monoisotopic (exact) mass is 318 g/mol. The van der Waals surface area contributed by atoms with Crippen LogP contribution in [0.5, 0.6) is 0 Å². The molecule has 1 aliphatic rings. The molecule has 0 aliphatic carbocycles. The van der Waals surface area contributed by atoms with Crippen molar-refractivity contribution in [3.63, 3.8) is 0 Å². The summed E-state index contributed by atoms with van der Waals surface area (Å²) in [6.07, 6.45) is 0. The fourth-order valence-corrected chi connectivity index (χ4v) is 2.64. The van der Waals surface area contributed by atoms with E-state index in [9.17, 15) is 14.4 Å². The largest absolute Gasteiger partial charge is 0.480 e. The van der Waals surface area contributed by atoms with Crippen molar-refractivity contribution >= 4 is 18.0 Å². The standard InChI is InChI=1S/C16H18N2O5/c1-10-13(15(21)23-3)14(11-7-5-4-6-8-11)18(9-12(19)20)16(22)17(10)2/h4-8,14H,9H2,1-3H3,(H,19,20). The fraction of sp³-hybridized carbons (Fsp3) is 0.312. The zero-order valence-electron chi connectivity index (χ0n) is 13.1. The van der Waals surface area contributed by atoms with Gasteiger partial charge >= 0.3 is 18.0 Å². The molecular formula is C16H18N2O5. The summed E-state index contributed by atoms with van der Waals surface area (Å²) in [5.41, 5.74) is 1.34. The summed E-state index contributed by atoms with van der Waals surface area (Å²) in [5.74, 6) is -1.75. The minimum Gasteiger partial charge on any atom is -0.480 e. The molecule has 122 valence electrons. The Bertz CT molecular complexity index is 668. The zero-order valence-corrected chi connectivity index (χ0v) is 13.1. The number of nitrogens with zero attached hydrogens (tertiary/aromatic N) is 2. The molecular weight excluding hydrogens is 300 g/mol. The molecule has 0 aromatic heterocycles. The first-order valence-electron chi connectivity index (χ1n) is 6.98. The van der Waals surface area contributed by atoms with Crippen molar-refractivity contribution in [2.75, 3.05) is 20.7 Å². The first kappa shape index (κ1) is 16.5. The number of rotatable bonds is 4. The Kier molecular flexibility index (Phi) is 4.68. The molecule has 1 aromatic carbocycles. The van der Waals surface area contributed by atoms with Crippen LogP contribution in [-0.2, 0) is 14.3 Å². The van der Waals surface area contributed by atoms with Crippen molar-refractivity contribution in [3.8, 4) is 0 Å². The fourth-order valence-electron chi connectivity index (χ4n) is 2.64. The third-order valence-electron chi connectivity index (χ3n) is 3.84. The molecule has 2 rings (SSSR count). The summed E-state index contributed by atoms with van der Waals surface area (Å²) in [6.45, 7) is 1.12. The number of carboxylic acid groups (broad SMARTS) is 1. The molecule has 0 saturated heterocycles. The predicted molar refractivity (Wildman–Crippen MR) is 81.4 cm³/mol. The number of hydrogen-bond acceptors (Lipinski definition) is 4. The molecule has 7 nitrogen and oxygen atoms in total. The number of ether oxygens (including phenoxy) is 1. The second kappa shape index (κ2) is 6.51. The van der Waals surface area contributed by atoms with Gasteiger partial charge < -0.3 is 19.6 Å². The van der Waals surface area contributed by atoms with Gasteiger partial charge in [0.2, 0.25) is 0 Å². The van der Waals surface area contributed by atoms with Crippen molar-refractivity contribution < 1.29 is 24.2 Å². The molecule has 0 bridgehead atoms. The van der Waals surface area contributed by atoms with E-state index in [1.54, 1.807) is 37.3 Å². The molecule has 0 fully saturated rings. The lowest BCUT2D eigenvalue weighted by molar-refractivity contribution is -0.140. The molecule has 1 aromatic rings. The Labute approximate surface area is 133 Å². The third-order valence-corrected chi connectivity index (χ3v) is 3.84. The van der Waals surface area contributed by atoms with Gasteiger partial charge in [-0.05, 0) is 12.5 Å². The number of benzene rings is 1. The molecule has 23 heavy (non-hydrogen) atoms. The van der Waals surface area contributed by atoms with Crippen LogP contribution in [0.15, 0.2) is 41.6 Å². The molecule has 0 radical (unpaired) electrons. The van der Waals surface area contributed by atoms with Crippen molar-refractivity contribution in [2.24, 2.45) is 0 Å². The second-order valence-corrected chi connectivity index (χ2v) is 5.17. The van der Waals surface area contributed by atoms with E-state index in [2.05, 4.69) is 0 Å². The normalized spacial score (nSPS) is 18.2. The van der Waals surface area contributed by atoms with E-state index < -0.39 is 30.6 Å². The van der Waals surface area contributed by atoms with Crippen molar-refractivity contribution in [2.45, 2.75) is 13.0 Å². The van der Waals surface area contributed by atoms with Crippen LogP contribution in [0.25, 0.3) is 0 Å². The van der Waals surface area contributed by atoms with Crippen LogP contribution >= 0.6 is 0 Å². The highest BCUT2D eigenvalue weighted by atomic mass is 16.5. The number of amides is 2. The van der Waals surface area contributed by atoms with E-state index >= 15 is 0 Å². The maximum atomic E-state index is 12.5. The highest BCUT2D eigenvalue weighted by Crippen LogP contribution is 2.36. The lowest BCUT2D eigenvalue weighted by atomic mass is 9.93. The summed E-state index contributed by atoms with van der Waals surface area (Å²) in [5, 5.41) is 9.14. The molecule has 0 spiro atoms. The highest BCUT2D eigenvalue weighted by molar-refractivity contribution is 5.95. The van der Waals surface area contributed by atoms with E-state index in [1.165, 1.54) is 19.1 Å². The number of carbonyl (C=O) groups is 3. The minimum atomic E-state index is -1.16. The number of hydrogen-bond donors (Lipinski definition) is 1. The molecule has 7 heteroatoms. The Morgan fingerprint density at radius 2 is 1.87 bits per heavy atom. The SMILES string of the molecule is COC(=O)C1=C(C)N(C)C(=O)N(CC(=O)O)C1c1ccccc1. The number of aliphatic carboxylic acids is 1.